The fourth-order valence-corrected chi connectivity index (χ4v) is 2.69. The summed E-state index contributed by atoms with van der Waals surface area (Å²) in [6.07, 6.45) is 1.20. The Balaban J connectivity index is 2.42. The Labute approximate surface area is 99.5 Å². The fourth-order valence-electron chi connectivity index (χ4n) is 2.38. The standard InChI is InChI=1S/C12H14ClNO2/c1-16-11(15)12(6-8(14)7-12)9-4-2-3-5-10(9)13/h2-5,8H,6-7,14H2,1H3. The molecule has 0 bridgehead atoms. The average molecular weight is 240 g/mol. The highest BCUT2D eigenvalue weighted by atomic mass is 35.5. The molecule has 0 saturated heterocycles. The molecule has 0 unspecified atom stereocenters. The van der Waals surface area contributed by atoms with E-state index in [1.165, 1.54) is 7.11 Å². The molecule has 1 aliphatic rings. The zero-order valence-corrected chi connectivity index (χ0v) is 9.83. The van der Waals surface area contributed by atoms with Crippen molar-refractivity contribution in [2.75, 3.05) is 7.11 Å². The van der Waals surface area contributed by atoms with E-state index in [0.29, 0.717) is 17.9 Å². The van der Waals surface area contributed by atoms with E-state index in [9.17, 15) is 4.79 Å². The third-order valence-corrected chi connectivity index (χ3v) is 3.52. The van der Waals surface area contributed by atoms with Crippen LogP contribution in [0.2, 0.25) is 5.02 Å². The van der Waals surface area contributed by atoms with Gasteiger partial charge in [0, 0.05) is 11.1 Å². The van der Waals surface area contributed by atoms with E-state index < -0.39 is 5.41 Å². The van der Waals surface area contributed by atoms with Crippen molar-refractivity contribution in [1.29, 1.82) is 0 Å². The highest BCUT2D eigenvalue weighted by Gasteiger charge is 2.52. The second-order valence-corrected chi connectivity index (χ2v) is 4.63. The van der Waals surface area contributed by atoms with Crippen LogP contribution in [0, 0.1) is 0 Å². The van der Waals surface area contributed by atoms with Crippen LogP contribution in [-0.2, 0) is 14.9 Å². The molecule has 3 nitrogen and oxygen atoms in total. The lowest BCUT2D eigenvalue weighted by atomic mass is 9.62. The first kappa shape index (κ1) is 11.4. The summed E-state index contributed by atoms with van der Waals surface area (Å²) in [5, 5.41) is 0.597. The van der Waals surface area contributed by atoms with Gasteiger partial charge in [-0.05, 0) is 24.5 Å². The second kappa shape index (κ2) is 4.07. The lowest BCUT2D eigenvalue weighted by Gasteiger charge is -2.44. The first-order valence-corrected chi connectivity index (χ1v) is 5.57. The van der Waals surface area contributed by atoms with Gasteiger partial charge < -0.3 is 10.5 Å². The van der Waals surface area contributed by atoms with Gasteiger partial charge in [0.15, 0.2) is 0 Å². The molecule has 2 N–H and O–H groups in total. The van der Waals surface area contributed by atoms with Crippen molar-refractivity contribution < 1.29 is 9.53 Å². The summed E-state index contributed by atoms with van der Waals surface area (Å²) in [4.78, 5) is 11.9. The Morgan fingerprint density at radius 3 is 2.62 bits per heavy atom. The Hall–Kier alpha value is -1.06. The lowest BCUT2D eigenvalue weighted by molar-refractivity contribution is -0.152. The molecule has 0 atom stereocenters. The van der Waals surface area contributed by atoms with Gasteiger partial charge in [-0.25, -0.2) is 0 Å². The van der Waals surface area contributed by atoms with Gasteiger partial charge in [-0.2, -0.15) is 0 Å². The van der Waals surface area contributed by atoms with Crippen molar-refractivity contribution in [3.8, 4) is 0 Å². The largest absolute Gasteiger partial charge is 0.468 e. The van der Waals surface area contributed by atoms with E-state index in [0.717, 1.165) is 5.56 Å². The number of carbonyl (C=O) groups is 1. The number of esters is 1. The molecule has 0 spiro atoms. The van der Waals surface area contributed by atoms with Crippen LogP contribution in [0.3, 0.4) is 0 Å². The predicted molar refractivity (Wildman–Crippen MR) is 62.4 cm³/mol. The third kappa shape index (κ3) is 1.60. The highest BCUT2D eigenvalue weighted by molar-refractivity contribution is 6.31. The van der Waals surface area contributed by atoms with Crippen molar-refractivity contribution in [2.24, 2.45) is 5.73 Å². The van der Waals surface area contributed by atoms with Crippen molar-refractivity contribution in [3.05, 3.63) is 34.9 Å². The average Bonchev–Trinajstić information content (AvgIpc) is 2.24. The van der Waals surface area contributed by atoms with E-state index >= 15 is 0 Å². The molecule has 1 aliphatic carbocycles. The van der Waals surface area contributed by atoms with Crippen LogP contribution in [-0.4, -0.2) is 19.1 Å². The summed E-state index contributed by atoms with van der Waals surface area (Å²) >= 11 is 6.12. The number of ether oxygens (including phenoxy) is 1. The third-order valence-electron chi connectivity index (χ3n) is 3.19. The zero-order valence-electron chi connectivity index (χ0n) is 9.07. The smallest absolute Gasteiger partial charge is 0.316 e. The molecular weight excluding hydrogens is 226 g/mol. The fraction of sp³-hybridized carbons (Fsp3) is 0.417. The number of hydrogen-bond donors (Lipinski definition) is 1. The monoisotopic (exact) mass is 239 g/mol. The van der Waals surface area contributed by atoms with Crippen LogP contribution in [0.4, 0.5) is 0 Å². The number of hydrogen-bond acceptors (Lipinski definition) is 3. The van der Waals surface area contributed by atoms with Gasteiger partial charge in [0.1, 0.15) is 0 Å². The summed E-state index contributed by atoms with van der Waals surface area (Å²) in [5.74, 6) is -0.248. The Morgan fingerprint density at radius 1 is 1.50 bits per heavy atom. The maximum absolute atomic E-state index is 11.9. The first-order chi connectivity index (χ1) is 7.60. The van der Waals surface area contributed by atoms with Crippen LogP contribution < -0.4 is 5.73 Å². The van der Waals surface area contributed by atoms with Gasteiger partial charge in [0.25, 0.3) is 0 Å². The lowest BCUT2D eigenvalue weighted by Crippen LogP contribution is -2.54. The minimum atomic E-state index is -0.632. The van der Waals surface area contributed by atoms with Gasteiger partial charge in [-0.15, -0.1) is 0 Å². The van der Waals surface area contributed by atoms with E-state index in [-0.39, 0.29) is 12.0 Å². The Morgan fingerprint density at radius 2 is 2.12 bits per heavy atom. The van der Waals surface area contributed by atoms with Crippen LogP contribution in [0.15, 0.2) is 24.3 Å². The predicted octanol–water partition coefficient (Wildman–Crippen LogP) is 1.87. The Bertz CT molecular complexity index is 413. The maximum atomic E-state index is 11.9. The van der Waals surface area contributed by atoms with Crippen molar-refractivity contribution in [1.82, 2.24) is 0 Å². The highest BCUT2D eigenvalue weighted by Crippen LogP contribution is 2.46. The number of methoxy groups -OCH3 is 1. The van der Waals surface area contributed by atoms with Crippen molar-refractivity contribution >= 4 is 17.6 Å². The molecule has 1 saturated carbocycles. The van der Waals surface area contributed by atoms with Crippen LogP contribution >= 0.6 is 11.6 Å². The minimum absolute atomic E-state index is 0.0513. The van der Waals surface area contributed by atoms with E-state index in [1.54, 1.807) is 6.07 Å². The number of benzene rings is 1. The molecule has 86 valence electrons. The summed E-state index contributed by atoms with van der Waals surface area (Å²) < 4.78 is 4.86. The molecule has 1 fully saturated rings. The normalized spacial score (nSPS) is 28.3. The van der Waals surface area contributed by atoms with Crippen LogP contribution in [0.1, 0.15) is 18.4 Å². The molecule has 1 aromatic carbocycles. The molecule has 0 heterocycles. The summed E-state index contributed by atoms with van der Waals surface area (Å²) in [7, 11) is 1.39. The molecular formula is C12H14ClNO2. The molecule has 0 aromatic heterocycles. The van der Waals surface area contributed by atoms with Gasteiger partial charge in [-0.1, -0.05) is 29.8 Å². The van der Waals surface area contributed by atoms with Crippen molar-refractivity contribution in [2.45, 2.75) is 24.3 Å². The quantitative estimate of drug-likeness (QED) is 0.802. The number of rotatable bonds is 2. The van der Waals surface area contributed by atoms with E-state index in [2.05, 4.69) is 0 Å². The van der Waals surface area contributed by atoms with Gasteiger partial charge >= 0.3 is 5.97 Å². The van der Waals surface area contributed by atoms with Crippen molar-refractivity contribution in [3.63, 3.8) is 0 Å². The number of halogens is 1. The summed E-state index contributed by atoms with van der Waals surface area (Å²) in [6.45, 7) is 0. The van der Waals surface area contributed by atoms with Gasteiger partial charge in [0.2, 0.25) is 0 Å². The van der Waals surface area contributed by atoms with Crippen LogP contribution in [0.25, 0.3) is 0 Å². The van der Waals surface area contributed by atoms with Gasteiger partial charge in [0.05, 0.1) is 12.5 Å². The minimum Gasteiger partial charge on any atom is -0.468 e. The first-order valence-electron chi connectivity index (χ1n) is 5.19. The molecule has 16 heavy (non-hydrogen) atoms. The molecule has 0 amide bonds. The molecule has 4 heteroatoms. The number of carbonyl (C=O) groups excluding carboxylic acids is 1. The SMILES string of the molecule is COC(=O)C1(c2ccccc2Cl)CC(N)C1. The summed E-state index contributed by atoms with van der Waals surface area (Å²) in [5.41, 5.74) is 5.97. The molecule has 2 rings (SSSR count). The number of nitrogens with two attached hydrogens (primary N) is 1. The van der Waals surface area contributed by atoms with Crippen LogP contribution in [0.5, 0.6) is 0 Å². The second-order valence-electron chi connectivity index (χ2n) is 4.22. The zero-order chi connectivity index (χ0) is 11.8. The van der Waals surface area contributed by atoms with E-state index in [4.69, 9.17) is 22.1 Å². The molecule has 0 aliphatic heterocycles. The molecule has 1 aromatic rings. The van der Waals surface area contributed by atoms with E-state index in [1.807, 2.05) is 18.2 Å². The topological polar surface area (TPSA) is 52.3 Å². The summed E-state index contributed by atoms with van der Waals surface area (Å²) in [6, 6.07) is 7.41. The Kier molecular flexibility index (Phi) is 2.91. The maximum Gasteiger partial charge on any atom is 0.316 e. The van der Waals surface area contributed by atoms with Gasteiger partial charge in [-0.3, -0.25) is 4.79 Å². The molecule has 0 radical (unpaired) electrons.